The number of nitrogens with zero attached hydrogens (tertiary/aromatic N) is 4. The molecule has 1 saturated heterocycles. The molecular weight excluding hydrogens is 695 g/mol. The molecule has 2 aliphatic rings. The smallest absolute Gasteiger partial charge is 0.459 e. The lowest BCUT2D eigenvalue weighted by molar-refractivity contribution is -0.166. The number of fused-ring (bicyclic) bond motifs is 1. The van der Waals surface area contributed by atoms with Gasteiger partial charge in [-0.2, -0.15) is 15.4 Å². The number of aromatic nitrogens is 3. The van der Waals surface area contributed by atoms with Gasteiger partial charge in [0.2, 0.25) is 5.60 Å². The van der Waals surface area contributed by atoms with Crippen molar-refractivity contribution in [3.05, 3.63) is 54.0 Å². The Morgan fingerprint density at radius 3 is 2.37 bits per heavy atom. The Morgan fingerprint density at radius 1 is 1.08 bits per heavy atom. The van der Waals surface area contributed by atoms with Crippen molar-refractivity contribution >= 4 is 37.0 Å². The third kappa shape index (κ3) is 8.56. The van der Waals surface area contributed by atoms with Crippen molar-refractivity contribution in [1.29, 1.82) is 5.26 Å². The summed E-state index contributed by atoms with van der Waals surface area (Å²) in [5, 5.41) is 17.6. The summed E-state index contributed by atoms with van der Waals surface area (Å²) >= 11 is 0. The molecule has 0 amide bonds. The van der Waals surface area contributed by atoms with E-state index in [1.165, 1.54) is 23.8 Å². The van der Waals surface area contributed by atoms with E-state index in [-0.39, 0.29) is 28.8 Å². The fourth-order valence-corrected chi connectivity index (χ4v) is 7.83. The molecule has 1 saturated carbocycles. The Kier molecular flexibility index (Phi) is 11.6. The summed E-state index contributed by atoms with van der Waals surface area (Å²) < 4.78 is 51.0. The highest BCUT2D eigenvalue weighted by molar-refractivity contribution is 7.52. The van der Waals surface area contributed by atoms with Crippen molar-refractivity contribution in [2.24, 2.45) is 0 Å². The molecule has 3 N–H and O–H groups in total. The summed E-state index contributed by atoms with van der Waals surface area (Å²) in [4.78, 5) is 42.0. The van der Waals surface area contributed by atoms with Gasteiger partial charge in [0, 0.05) is 13.8 Å². The van der Waals surface area contributed by atoms with Crippen molar-refractivity contribution in [2.45, 2.75) is 115 Å². The van der Waals surface area contributed by atoms with Crippen LogP contribution in [-0.4, -0.2) is 69.6 Å². The first-order chi connectivity index (χ1) is 24.5. The van der Waals surface area contributed by atoms with Crippen LogP contribution in [0.3, 0.4) is 0 Å². The van der Waals surface area contributed by atoms with E-state index in [0.717, 1.165) is 51.5 Å². The molecule has 1 aromatic carbocycles. The molecule has 1 unspecified atom stereocenters. The number of hydrogen-bond donors (Lipinski definition) is 2. The van der Waals surface area contributed by atoms with Crippen LogP contribution in [0.5, 0.6) is 5.75 Å². The van der Waals surface area contributed by atoms with Crippen molar-refractivity contribution in [1.82, 2.24) is 19.7 Å². The van der Waals surface area contributed by atoms with Gasteiger partial charge in [-0.3, -0.25) is 18.9 Å². The zero-order chi connectivity index (χ0) is 37.8. The Balaban J connectivity index is 1.48. The van der Waals surface area contributed by atoms with Crippen LogP contribution in [0.15, 0.2) is 42.7 Å². The Morgan fingerprint density at radius 2 is 1.75 bits per heavy atom. The van der Waals surface area contributed by atoms with Gasteiger partial charge in [0.15, 0.2) is 18.0 Å². The number of ether oxygens (including phenoxy) is 4. The Hall–Kier alpha value is -4.55. The van der Waals surface area contributed by atoms with E-state index in [2.05, 4.69) is 21.2 Å². The first-order valence-electron chi connectivity index (χ1n) is 17.1. The number of anilines is 1. The maximum absolute atomic E-state index is 14.6. The van der Waals surface area contributed by atoms with Gasteiger partial charge in [0.1, 0.15) is 41.9 Å². The molecule has 16 nitrogen and oxygen atoms in total. The monoisotopic (exact) mass is 740 g/mol. The van der Waals surface area contributed by atoms with Crippen molar-refractivity contribution < 1.29 is 46.9 Å². The second kappa shape index (κ2) is 15.6. The van der Waals surface area contributed by atoms with E-state index in [4.69, 9.17) is 33.7 Å². The quantitative estimate of drug-likeness (QED) is 0.147. The van der Waals surface area contributed by atoms with E-state index in [9.17, 15) is 24.2 Å². The molecule has 17 heteroatoms. The number of carbonyl (C=O) groups excluding carboxylic acids is 3. The maximum Gasteiger partial charge on any atom is 0.459 e. The number of nitrogen functional groups attached to an aromatic ring is 1. The molecule has 3 aromatic rings. The van der Waals surface area contributed by atoms with E-state index < -0.39 is 62.2 Å². The van der Waals surface area contributed by atoms with Crippen LogP contribution in [0.25, 0.3) is 5.52 Å². The number of hydrogen-bond acceptors (Lipinski definition) is 14. The molecule has 0 bridgehead atoms. The highest BCUT2D eigenvalue weighted by Gasteiger charge is 2.62. The number of nitriles is 1. The molecule has 2 fully saturated rings. The summed E-state index contributed by atoms with van der Waals surface area (Å²) in [5.74, 6) is -1.96. The molecule has 0 spiro atoms. The topological polar surface area (TPSA) is 216 Å². The lowest BCUT2D eigenvalue weighted by Crippen LogP contribution is -2.45. The van der Waals surface area contributed by atoms with Crippen LogP contribution in [0.2, 0.25) is 0 Å². The zero-order valence-electron chi connectivity index (χ0n) is 30.1. The minimum absolute atomic E-state index is 0.0839. The summed E-state index contributed by atoms with van der Waals surface area (Å²) in [7, 11) is -4.48. The van der Waals surface area contributed by atoms with E-state index in [1.807, 2.05) is 32.9 Å². The third-order valence-corrected chi connectivity index (χ3v) is 10.6. The van der Waals surface area contributed by atoms with Gasteiger partial charge in [-0.15, -0.1) is 0 Å². The third-order valence-electron chi connectivity index (χ3n) is 8.92. The van der Waals surface area contributed by atoms with Crippen LogP contribution in [-0.2, 0) is 53.4 Å². The normalized spacial score (nSPS) is 24.0. The zero-order valence-corrected chi connectivity index (χ0v) is 31.0. The molecule has 280 valence electrons. The fourth-order valence-electron chi connectivity index (χ4n) is 6.33. The molecule has 1 aliphatic carbocycles. The standard InChI is InChI=1S/C35H45N6O10P/c1-21(33(44)49-25-10-8-7-9-11-25)40-52(45,51-26-14-12-24(13-15-26)34(4,5)6)46-18-28-30(47-22(2)42)31(48-23(3)43)35(19-36,50-28)29-17-16-27-32(37)38-20-39-41(27)29/h12-17,20-21,25,28,30-31H,7-11,18H2,1-6H3,(H,40,45)(H2,37,38,39)/t21-,28+,30+,31+,35-,52?/m0/s1. The van der Waals surface area contributed by atoms with Gasteiger partial charge >= 0.3 is 25.7 Å². The maximum atomic E-state index is 14.6. The summed E-state index contributed by atoms with van der Waals surface area (Å²) in [5.41, 5.74) is 5.13. The number of carbonyl (C=O) groups is 3. The molecule has 0 radical (unpaired) electrons. The van der Waals surface area contributed by atoms with E-state index in [0.29, 0.717) is 5.52 Å². The first kappa shape index (κ1) is 38.7. The van der Waals surface area contributed by atoms with Crippen molar-refractivity contribution in [3.8, 4) is 11.8 Å². The van der Waals surface area contributed by atoms with Crippen LogP contribution in [0, 0.1) is 11.3 Å². The minimum atomic E-state index is -4.48. The van der Waals surface area contributed by atoms with Gasteiger partial charge in [-0.05, 0) is 67.9 Å². The van der Waals surface area contributed by atoms with Crippen molar-refractivity contribution in [2.75, 3.05) is 12.3 Å². The van der Waals surface area contributed by atoms with Gasteiger partial charge in [0.05, 0.1) is 12.3 Å². The molecule has 3 heterocycles. The second-order valence-electron chi connectivity index (χ2n) is 14.0. The van der Waals surface area contributed by atoms with Crippen LogP contribution < -0.4 is 15.3 Å². The largest absolute Gasteiger partial charge is 0.461 e. The minimum Gasteiger partial charge on any atom is -0.461 e. The predicted molar refractivity (Wildman–Crippen MR) is 186 cm³/mol. The van der Waals surface area contributed by atoms with E-state index in [1.54, 1.807) is 18.2 Å². The lowest BCUT2D eigenvalue weighted by Gasteiger charge is -2.28. The lowest BCUT2D eigenvalue weighted by atomic mass is 9.87. The average molecular weight is 741 g/mol. The number of nitrogens with one attached hydrogen (secondary N) is 1. The molecule has 1 aliphatic heterocycles. The number of esters is 3. The molecule has 5 rings (SSSR count). The number of nitrogens with two attached hydrogens (primary N) is 1. The molecule has 2 aromatic heterocycles. The Bertz CT molecular complexity index is 1870. The number of rotatable bonds is 12. The van der Waals surface area contributed by atoms with Gasteiger partial charge < -0.3 is 29.2 Å². The van der Waals surface area contributed by atoms with Crippen molar-refractivity contribution in [3.63, 3.8) is 0 Å². The SMILES string of the molecule is CC(=O)O[C@H]1[C@@H](OC(C)=O)[C@](C#N)(c2ccc3c(N)ncnn23)O[C@@H]1COP(=O)(N[C@@H](C)C(=O)OC1CCCCC1)Oc1ccc(C(C)(C)C)cc1. The number of benzene rings is 1. The summed E-state index contributed by atoms with van der Waals surface area (Å²) in [6, 6.07) is 10.9. The van der Waals surface area contributed by atoms with Gasteiger partial charge in [-0.25, -0.2) is 14.1 Å². The first-order valence-corrected chi connectivity index (χ1v) is 18.6. The van der Waals surface area contributed by atoms with Crippen LogP contribution >= 0.6 is 7.75 Å². The second-order valence-corrected chi connectivity index (χ2v) is 15.7. The summed E-state index contributed by atoms with van der Waals surface area (Å²) in [6.07, 6.45) is 0.973. The van der Waals surface area contributed by atoms with Crippen LogP contribution in [0.1, 0.15) is 84.9 Å². The highest BCUT2D eigenvalue weighted by Crippen LogP contribution is 2.49. The van der Waals surface area contributed by atoms with E-state index >= 15 is 0 Å². The van der Waals surface area contributed by atoms with Gasteiger partial charge in [-0.1, -0.05) is 39.3 Å². The Labute approximate surface area is 301 Å². The molecule has 6 atom stereocenters. The van der Waals surface area contributed by atoms with Crippen LogP contribution in [0.4, 0.5) is 5.82 Å². The summed E-state index contributed by atoms with van der Waals surface area (Å²) in [6.45, 7) is 9.23. The predicted octanol–water partition coefficient (Wildman–Crippen LogP) is 4.65. The van der Waals surface area contributed by atoms with Gasteiger partial charge in [0.25, 0.3) is 0 Å². The molecular formula is C35H45N6O10P. The highest BCUT2D eigenvalue weighted by atomic mass is 31.2. The fraction of sp³-hybridized carbons (Fsp3) is 0.543. The molecule has 52 heavy (non-hydrogen) atoms. The average Bonchev–Trinajstić information content (AvgIpc) is 3.64.